The number of hydrogen-bond donors (Lipinski definition) is 1. The fraction of sp³-hybridized carbons (Fsp3) is 0.316. The summed E-state index contributed by atoms with van der Waals surface area (Å²) in [7, 11) is 0. The van der Waals surface area contributed by atoms with Gasteiger partial charge in [0.15, 0.2) is 0 Å². The second-order valence-electron chi connectivity index (χ2n) is 6.25. The van der Waals surface area contributed by atoms with Gasteiger partial charge in [0.1, 0.15) is 0 Å². The van der Waals surface area contributed by atoms with Gasteiger partial charge in [0, 0.05) is 31.0 Å². The highest BCUT2D eigenvalue weighted by Gasteiger charge is 2.10. The van der Waals surface area contributed by atoms with Crippen LogP contribution in [0.1, 0.15) is 33.7 Å². The Bertz CT molecular complexity index is 868. The number of benzene rings is 1. The van der Waals surface area contributed by atoms with Gasteiger partial charge in [0.2, 0.25) is 0 Å². The Labute approximate surface area is 161 Å². The maximum Gasteiger partial charge on any atom is 0.251 e. The van der Waals surface area contributed by atoms with E-state index in [1.807, 2.05) is 53.6 Å². The molecule has 6 nitrogen and oxygen atoms in total. The summed E-state index contributed by atoms with van der Waals surface area (Å²) in [5, 5.41) is 7.47. The van der Waals surface area contributed by atoms with Crippen molar-refractivity contribution in [1.29, 1.82) is 0 Å². The monoisotopic (exact) mass is 415 g/mol. The normalized spacial score (nSPS) is 10.9. The number of hydrogen-bond acceptors (Lipinski definition) is 3. The van der Waals surface area contributed by atoms with Crippen LogP contribution in [0.5, 0.6) is 0 Å². The van der Waals surface area contributed by atoms with Gasteiger partial charge in [0.05, 0.1) is 28.7 Å². The predicted molar refractivity (Wildman–Crippen MR) is 104 cm³/mol. The molecule has 0 spiro atoms. The summed E-state index contributed by atoms with van der Waals surface area (Å²) in [6.45, 7) is 6.19. The largest absolute Gasteiger partial charge is 0.352 e. The van der Waals surface area contributed by atoms with Crippen molar-refractivity contribution in [2.24, 2.45) is 0 Å². The number of carbonyl (C=O) groups is 1. The van der Waals surface area contributed by atoms with E-state index < -0.39 is 0 Å². The maximum absolute atomic E-state index is 12.2. The van der Waals surface area contributed by atoms with Crippen LogP contribution in [0.15, 0.2) is 47.5 Å². The number of aryl methyl sites for hydroxylation is 2. The van der Waals surface area contributed by atoms with E-state index in [-0.39, 0.29) is 5.91 Å². The molecule has 2 heterocycles. The topological polar surface area (TPSA) is 64.7 Å². The molecule has 0 aliphatic carbocycles. The Morgan fingerprint density at radius 3 is 2.62 bits per heavy atom. The number of rotatable bonds is 7. The minimum Gasteiger partial charge on any atom is -0.352 e. The van der Waals surface area contributed by atoms with Crippen molar-refractivity contribution >= 4 is 21.8 Å². The number of nitrogens with zero attached hydrogens (tertiary/aromatic N) is 4. The zero-order chi connectivity index (χ0) is 18.5. The number of halogens is 1. The van der Waals surface area contributed by atoms with Crippen LogP contribution in [0.2, 0.25) is 0 Å². The third kappa shape index (κ3) is 4.40. The Hall–Kier alpha value is -2.41. The number of nitrogens with one attached hydrogen (secondary N) is 1. The molecule has 136 valence electrons. The van der Waals surface area contributed by atoms with Gasteiger partial charge in [-0.15, -0.1) is 0 Å². The summed E-state index contributed by atoms with van der Waals surface area (Å²) in [5.74, 6) is -0.0453. The lowest BCUT2D eigenvalue weighted by Crippen LogP contribution is -2.25. The Morgan fingerprint density at radius 2 is 2.00 bits per heavy atom. The molecule has 3 aromatic rings. The maximum atomic E-state index is 12.2. The van der Waals surface area contributed by atoms with E-state index in [2.05, 4.69) is 31.3 Å². The summed E-state index contributed by atoms with van der Waals surface area (Å²) in [6, 6.07) is 7.68. The van der Waals surface area contributed by atoms with Gasteiger partial charge < -0.3 is 9.88 Å². The lowest BCUT2D eigenvalue weighted by atomic mass is 10.1. The van der Waals surface area contributed by atoms with Gasteiger partial charge in [0.25, 0.3) is 5.91 Å². The molecule has 0 unspecified atom stereocenters. The standard InChI is InChI=1S/C19H22BrN5O/c1-14-18(20)15(2)25(23-14)12-16-4-6-17(7-5-16)19(26)22-8-3-10-24-11-9-21-13-24/h4-7,9,11,13H,3,8,10,12H2,1-2H3,(H,22,26). The van der Waals surface area contributed by atoms with Crippen molar-refractivity contribution in [3.05, 3.63) is 70.0 Å². The Morgan fingerprint density at radius 1 is 1.23 bits per heavy atom. The molecular formula is C19H22BrN5O. The van der Waals surface area contributed by atoms with Gasteiger partial charge >= 0.3 is 0 Å². The quantitative estimate of drug-likeness (QED) is 0.601. The van der Waals surface area contributed by atoms with E-state index >= 15 is 0 Å². The van der Waals surface area contributed by atoms with Crippen molar-refractivity contribution in [1.82, 2.24) is 24.6 Å². The highest BCUT2D eigenvalue weighted by molar-refractivity contribution is 9.10. The fourth-order valence-electron chi connectivity index (χ4n) is 2.75. The van der Waals surface area contributed by atoms with Crippen LogP contribution in [-0.4, -0.2) is 31.8 Å². The van der Waals surface area contributed by atoms with Gasteiger partial charge in [-0.2, -0.15) is 5.10 Å². The first-order valence-electron chi connectivity index (χ1n) is 8.57. The molecule has 0 aliphatic rings. The molecule has 3 rings (SSSR count). The molecule has 0 saturated carbocycles. The molecule has 0 radical (unpaired) electrons. The number of aromatic nitrogens is 4. The van der Waals surface area contributed by atoms with E-state index in [4.69, 9.17) is 0 Å². The minimum atomic E-state index is -0.0453. The summed E-state index contributed by atoms with van der Waals surface area (Å²) < 4.78 is 5.01. The average molecular weight is 416 g/mol. The van der Waals surface area contributed by atoms with Crippen molar-refractivity contribution in [3.8, 4) is 0 Å². The van der Waals surface area contributed by atoms with Crippen LogP contribution in [0, 0.1) is 13.8 Å². The van der Waals surface area contributed by atoms with Gasteiger partial charge in [-0.3, -0.25) is 9.48 Å². The van der Waals surface area contributed by atoms with Crippen molar-refractivity contribution < 1.29 is 4.79 Å². The average Bonchev–Trinajstić information content (AvgIpc) is 3.24. The third-order valence-corrected chi connectivity index (χ3v) is 5.43. The van der Waals surface area contributed by atoms with Gasteiger partial charge in [-0.25, -0.2) is 4.98 Å². The van der Waals surface area contributed by atoms with Crippen LogP contribution in [0.3, 0.4) is 0 Å². The Balaban J connectivity index is 1.51. The molecule has 0 bridgehead atoms. The smallest absolute Gasteiger partial charge is 0.251 e. The number of amides is 1. The number of imidazole rings is 1. The van der Waals surface area contributed by atoms with E-state index in [1.54, 1.807) is 12.5 Å². The summed E-state index contributed by atoms with van der Waals surface area (Å²) in [5.41, 5.74) is 3.86. The molecule has 1 amide bonds. The van der Waals surface area contributed by atoms with E-state index in [0.29, 0.717) is 18.7 Å². The SMILES string of the molecule is Cc1nn(Cc2ccc(C(=O)NCCCn3ccnc3)cc2)c(C)c1Br. The van der Waals surface area contributed by atoms with Crippen LogP contribution in [0.25, 0.3) is 0 Å². The molecule has 26 heavy (non-hydrogen) atoms. The molecule has 0 saturated heterocycles. The first-order chi connectivity index (χ1) is 12.5. The van der Waals surface area contributed by atoms with Gasteiger partial charge in [-0.05, 0) is 53.9 Å². The molecule has 7 heteroatoms. The molecule has 1 aromatic carbocycles. The van der Waals surface area contributed by atoms with E-state index in [0.717, 1.165) is 34.4 Å². The van der Waals surface area contributed by atoms with Gasteiger partial charge in [-0.1, -0.05) is 12.1 Å². The third-order valence-electron chi connectivity index (χ3n) is 4.28. The van der Waals surface area contributed by atoms with Crippen molar-refractivity contribution in [2.75, 3.05) is 6.54 Å². The zero-order valence-electron chi connectivity index (χ0n) is 14.9. The Kier molecular flexibility index (Phi) is 5.88. The predicted octanol–water partition coefficient (Wildman–Crippen LogP) is 3.33. The van der Waals surface area contributed by atoms with E-state index in [1.165, 1.54) is 0 Å². The number of carbonyl (C=O) groups excluding carboxylic acids is 1. The molecule has 0 aliphatic heterocycles. The second kappa shape index (κ2) is 8.31. The first-order valence-corrected chi connectivity index (χ1v) is 9.36. The van der Waals surface area contributed by atoms with E-state index in [9.17, 15) is 4.79 Å². The lowest BCUT2D eigenvalue weighted by molar-refractivity contribution is 0.0952. The van der Waals surface area contributed by atoms with Crippen LogP contribution in [-0.2, 0) is 13.1 Å². The minimum absolute atomic E-state index is 0.0453. The lowest BCUT2D eigenvalue weighted by Gasteiger charge is -2.08. The first kappa shape index (κ1) is 18.4. The molecule has 0 atom stereocenters. The molecule has 0 fully saturated rings. The fourth-order valence-corrected chi connectivity index (χ4v) is 3.03. The highest BCUT2D eigenvalue weighted by atomic mass is 79.9. The molecular weight excluding hydrogens is 394 g/mol. The van der Waals surface area contributed by atoms with Crippen molar-refractivity contribution in [3.63, 3.8) is 0 Å². The molecule has 1 N–H and O–H groups in total. The van der Waals surface area contributed by atoms with Crippen LogP contribution in [0.4, 0.5) is 0 Å². The summed E-state index contributed by atoms with van der Waals surface area (Å²) in [6.07, 6.45) is 6.32. The summed E-state index contributed by atoms with van der Waals surface area (Å²) in [4.78, 5) is 16.2. The van der Waals surface area contributed by atoms with Crippen LogP contribution >= 0.6 is 15.9 Å². The highest BCUT2D eigenvalue weighted by Crippen LogP contribution is 2.20. The second-order valence-corrected chi connectivity index (χ2v) is 7.04. The summed E-state index contributed by atoms with van der Waals surface area (Å²) >= 11 is 3.55. The zero-order valence-corrected chi connectivity index (χ0v) is 16.5. The van der Waals surface area contributed by atoms with Crippen molar-refractivity contribution in [2.45, 2.75) is 33.4 Å². The van der Waals surface area contributed by atoms with Crippen LogP contribution < -0.4 is 5.32 Å². The molecule has 2 aromatic heterocycles.